The third-order valence-corrected chi connectivity index (χ3v) is 3.72. The van der Waals surface area contributed by atoms with E-state index in [9.17, 15) is 4.79 Å². The predicted molar refractivity (Wildman–Crippen MR) is 97.4 cm³/mol. The van der Waals surface area contributed by atoms with E-state index < -0.39 is 6.10 Å². The number of rotatable bonds is 9. The fraction of sp³-hybridized carbons (Fsp3) is 0.350. The molecule has 0 heterocycles. The molecule has 2 rings (SSSR count). The molecule has 0 aromatic heterocycles. The summed E-state index contributed by atoms with van der Waals surface area (Å²) in [7, 11) is 1.59. The molecule has 0 saturated heterocycles. The average molecular weight is 343 g/mol. The number of ether oxygens (including phenoxy) is 3. The van der Waals surface area contributed by atoms with Gasteiger partial charge in [-0.15, -0.1) is 0 Å². The quantitative estimate of drug-likeness (QED) is 0.710. The highest BCUT2D eigenvalue weighted by atomic mass is 16.5. The second-order valence-corrected chi connectivity index (χ2v) is 5.58. The molecular weight excluding hydrogens is 318 g/mol. The van der Waals surface area contributed by atoms with E-state index in [1.54, 1.807) is 26.2 Å². The lowest BCUT2D eigenvalue weighted by molar-refractivity contribution is -0.127. The van der Waals surface area contributed by atoms with Crippen LogP contribution >= 0.6 is 0 Å². The van der Waals surface area contributed by atoms with Crippen LogP contribution in [-0.4, -0.2) is 32.3 Å². The highest BCUT2D eigenvalue weighted by molar-refractivity contribution is 5.80. The fourth-order valence-electron chi connectivity index (χ4n) is 2.24. The molecule has 0 fully saturated rings. The third-order valence-electron chi connectivity index (χ3n) is 3.72. The molecule has 0 radical (unpaired) electrons. The van der Waals surface area contributed by atoms with Crippen molar-refractivity contribution in [1.82, 2.24) is 5.32 Å². The smallest absolute Gasteiger partial charge is 0.260 e. The van der Waals surface area contributed by atoms with Crippen molar-refractivity contribution in [1.29, 1.82) is 0 Å². The van der Waals surface area contributed by atoms with Gasteiger partial charge in [-0.25, -0.2) is 0 Å². The summed E-state index contributed by atoms with van der Waals surface area (Å²) < 4.78 is 16.4. The second kappa shape index (κ2) is 9.57. The molecule has 0 bridgehead atoms. The Labute approximate surface area is 148 Å². The predicted octanol–water partition coefficient (Wildman–Crippen LogP) is 3.22. The molecule has 2 aromatic rings. The van der Waals surface area contributed by atoms with Crippen molar-refractivity contribution < 1.29 is 19.0 Å². The van der Waals surface area contributed by atoms with E-state index in [4.69, 9.17) is 14.2 Å². The highest BCUT2D eigenvalue weighted by Crippen LogP contribution is 2.20. The number of benzene rings is 2. The van der Waals surface area contributed by atoms with Gasteiger partial charge in [0.1, 0.15) is 23.9 Å². The molecule has 1 N–H and O–H groups in total. The number of carbonyl (C=O) groups is 1. The first-order valence-electron chi connectivity index (χ1n) is 8.42. The normalized spacial score (nSPS) is 11.5. The van der Waals surface area contributed by atoms with Crippen LogP contribution in [0, 0.1) is 0 Å². The van der Waals surface area contributed by atoms with Gasteiger partial charge in [0.05, 0.1) is 13.7 Å². The minimum Gasteiger partial charge on any atom is -0.497 e. The molecule has 1 amide bonds. The van der Waals surface area contributed by atoms with Crippen molar-refractivity contribution in [2.75, 3.05) is 20.3 Å². The van der Waals surface area contributed by atoms with Gasteiger partial charge < -0.3 is 19.5 Å². The molecule has 0 aliphatic heterocycles. The Kier molecular flexibility index (Phi) is 7.14. The van der Waals surface area contributed by atoms with Gasteiger partial charge in [-0.3, -0.25) is 4.79 Å². The molecule has 134 valence electrons. The summed E-state index contributed by atoms with van der Waals surface area (Å²) in [4.78, 5) is 12.1. The zero-order valence-electron chi connectivity index (χ0n) is 15.0. The number of nitrogens with one attached hydrogen (secondary N) is 1. The van der Waals surface area contributed by atoms with E-state index in [1.807, 2.05) is 36.4 Å². The van der Waals surface area contributed by atoms with E-state index in [0.717, 1.165) is 12.2 Å². The maximum atomic E-state index is 12.1. The molecule has 1 unspecified atom stereocenters. The van der Waals surface area contributed by atoms with Crippen LogP contribution < -0.4 is 19.5 Å². The molecule has 2 aromatic carbocycles. The Balaban J connectivity index is 1.71. The van der Waals surface area contributed by atoms with E-state index in [0.29, 0.717) is 24.7 Å². The Bertz CT molecular complexity index is 670. The number of methoxy groups -OCH3 is 1. The first kappa shape index (κ1) is 18.6. The van der Waals surface area contributed by atoms with Crippen LogP contribution in [0.2, 0.25) is 0 Å². The third kappa shape index (κ3) is 6.03. The summed E-state index contributed by atoms with van der Waals surface area (Å²) in [6.45, 7) is 4.64. The van der Waals surface area contributed by atoms with Crippen molar-refractivity contribution in [2.24, 2.45) is 0 Å². The van der Waals surface area contributed by atoms with Crippen LogP contribution in [0.1, 0.15) is 19.4 Å². The number of hydrogen-bond acceptors (Lipinski definition) is 4. The van der Waals surface area contributed by atoms with Crippen molar-refractivity contribution in [3.05, 3.63) is 54.1 Å². The SMILES string of the molecule is CCc1ccc(OCCNC(=O)C(C)Oc2cccc(OC)c2)cc1. The van der Waals surface area contributed by atoms with E-state index in [1.165, 1.54) is 5.56 Å². The van der Waals surface area contributed by atoms with Crippen LogP contribution in [-0.2, 0) is 11.2 Å². The average Bonchev–Trinajstić information content (AvgIpc) is 2.65. The highest BCUT2D eigenvalue weighted by Gasteiger charge is 2.14. The van der Waals surface area contributed by atoms with Crippen molar-refractivity contribution in [3.8, 4) is 17.2 Å². The molecule has 1 atom stereocenters. The topological polar surface area (TPSA) is 56.8 Å². The largest absolute Gasteiger partial charge is 0.497 e. The van der Waals surface area contributed by atoms with E-state index in [-0.39, 0.29) is 5.91 Å². The van der Waals surface area contributed by atoms with E-state index in [2.05, 4.69) is 12.2 Å². The molecule has 25 heavy (non-hydrogen) atoms. The first-order chi connectivity index (χ1) is 12.1. The number of carbonyl (C=O) groups excluding carboxylic acids is 1. The summed E-state index contributed by atoms with van der Waals surface area (Å²) in [5.41, 5.74) is 1.27. The van der Waals surface area contributed by atoms with Crippen LogP contribution in [0.25, 0.3) is 0 Å². The lowest BCUT2D eigenvalue weighted by atomic mass is 10.2. The van der Waals surface area contributed by atoms with Crippen molar-refractivity contribution in [3.63, 3.8) is 0 Å². The monoisotopic (exact) mass is 343 g/mol. The number of amides is 1. The van der Waals surface area contributed by atoms with Gasteiger partial charge in [0.25, 0.3) is 5.91 Å². The minimum atomic E-state index is -0.601. The van der Waals surface area contributed by atoms with Gasteiger partial charge in [0.15, 0.2) is 6.10 Å². The Morgan fingerprint density at radius 3 is 2.48 bits per heavy atom. The molecule has 0 saturated carbocycles. The first-order valence-corrected chi connectivity index (χ1v) is 8.42. The zero-order valence-corrected chi connectivity index (χ0v) is 15.0. The maximum absolute atomic E-state index is 12.1. The lowest BCUT2D eigenvalue weighted by Gasteiger charge is -2.15. The summed E-state index contributed by atoms with van der Waals surface area (Å²) in [6, 6.07) is 15.1. The summed E-state index contributed by atoms with van der Waals surface area (Å²) >= 11 is 0. The van der Waals surface area contributed by atoms with Gasteiger partial charge in [-0.2, -0.15) is 0 Å². The van der Waals surface area contributed by atoms with Gasteiger partial charge in [0, 0.05) is 6.07 Å². The van der Waals surface area contributed by atoms with Crippen LogP contribution in [0.3, 0.4) is 0 Å². The number of aryl methyl sites for hydroxylation is 1. The van der Waals surface area contributed by atoms with Gasteiger partial charge in [-0.05, 0) is 43.2 Å². The fourth-order valence-corrected chi connectivity index (χ4v) is 2.24. The summed E-state index contributed by atoms with van der Waals surface area (Å²) in [5, 5.41) is 2.80. The second-order valence-electron chi connectivity index (χ2n) is 5.58. The van der Waals surface area contributed by atoms with Crippen LogP contribution in [0.5, 0.6) is 17.2 Å². The lowest BCUT2D eigenvalue weighted by Crippen LogP contribution is -2.38. The standard InChI is InChI=1S/C20H25NO4/c1-4-16-8-10-17(11-9-16)24-13-12-21-20(22)15(2)25-19-7-5-6-18(14-19)23-3/h5-11,14-15H,4,12-13H2,1-3H3,(H,21,22). The van der Waals surface area contributed by atoms with Gasteiger partial charge >= 0.3 is 0 Å². The molecule has 0 aliphatic carbocycles. The van der Waals surface area contributed by atoms with Gasteiger partial charge in [-0.1, -0.05) is 25.1 Å². The van der Waals surface area contributed by atoms with Crippen LogP contribution in [0.4, 0.5) is 0 Å². The maximum Gasteiger partial charge on any atom is 0.260 e. The number of hydrogen-bond donors (Lipinski definition) is 1. The molecule has 0 aliphatic rings. The van der Waals surface area contributed by atoms with E-state index >= 15 is 0 Å². The minimum absolute atomic E-state index is 0.187. The van der Waals surface area contributed by atoms with Crippen molar-refractivity contribution >= 4 is 5.91 Å². The van der Waals surface area contributed by atoms with Crippen molar-refractivity contribution in [2.45, 2.75) is 26.4 Å². The molecular formula is C20H25NO4. The Morgan fingerprint density at radius 1 is 1.08 bits per heavy atom. The van der Waals surface area contributed by atoms with Crippen LogP contribution in [0.15, 0.2) is 48.5 Å². The Morgan fingerprint density at radius 2 is 1.80 bits per heavy atom. The summed E-state index contributed by atoms with van der Waals surface area (Å²) in [5.74, 6) is 1.89. The molecule has 5 nitrogen and oxygen atoms in total. The Hall–Kier alpha value is -2.69. The van der Waals surface area contributed by atoms with Gasteiger partial charge in [0.2, 0.25) is 0 Å². The molecule has 5 heteroatoms. The summed E-state index contributed by atoms with van der Waals surface area (Å²) in [6.07, 6.45) is 0.401. The zero-order chi connectivity index (χ0) is 18.1. The molecule has 0 spiro atoms.